The lowest BCUT2D eigenvalue weighted by Crippen LogP contribution is -1.72. The van der Waals surface area contributed by atoms with Crippen molar-refractivity contribution in [3.8, 4) is 12.3 Å². The molecule has 2 nitrogen and oxygen atoms in total. The van der Waals surface area contributed by atoms with Gasteiger partial charge >= 0.3 is 12.3 Å². The summed E-state index contributed by atoms with van der Waals surface area (Å²) in [4.78, 5) is 7.21. The van der Waals surface area contributed by atoms with Crippen molar-refractivity contribution in [2.45, 2.75) is 6.42 Å². The zero-order chi connectivity index (χ0) is 4.24. The maximum absolute atomic E-state index is 3.70. The van der Waals surface area contributed by atoms with E-state index in [-0.39, 0.29) is 0 Å². The predicted octanol–water partition coefficient (Wildman–Crippen LogP) is 1.01. The quantitative estimate of drug-likeness (QED) is 0.384. The summed E-state index contributed by atoms with van der Waals surface area (Å²) in [7, 11) is 0. The van der Waals surface area contributed by atoms with Gasteiger partial charge in [0, 0.05) is 4.85 Å². The first-order valence-electron chi connectivity index (χ1n) is 1.84. The molecule has 6 heavy (non-hydrogen) atoms. The Morgan fingerprint density at radius 2 is 2.50 bits per heavy atom. The molecule has 0 aromatic heterocycles. The van der Waals surface area contributed by atoms with Gasteiger partial charge in [0.15, 0.2) is 6.42 Å². The lowest BCUT2D eigenvalue weighted by molar-refractivity contribution is 1.17. The molecule has 0 aliphatic carbocycles. The van der Waals surface area contributed by atoms with Gasteiger partial charge in [0.2, 0.25) is 0 Å². The Labute approximate surface area is 36.0 Å². The molecule has 0 amide bonds. The molecule has 2 heteroatoms. The van der Waals surface area contributed by atoms with E-state index in [9.17, 15) is 0 Å². The van der Waals surface area contributed by atoms with Gasteiger partial charge in [0.05, 0.1) is 0 Å². The van der Waals surface area contributed by atoms with Crippen LogP contribution >= 0.6 is 0 Å². The summed E-state index contributed by atoms with van der Waals surface area (Å²) in [6.07, 6.45) is 3.28. The van der Waals surface area contributed by atoms with Crippen LogP contribution in [0.3, 0.4) is 0 Å². The van der Waals surface area contributed by atoms with Gasteiger partial charge in [-0.25, -0.2) is 0 Å². The Morgan fingerprint density at radius 1 is 1.50 bits per heavy atom. The van der Waals surface area contributed by atoms with Crippen LogP contribution in [0.4, 0.5) is 0 Å². The zero-order valence-electron chi connectivity index (χ0n) is 3.31. The molecule has 0 N–H and O–H groups in total. The van der Waals surface area contributed by atoms with Crippen molar-refractivity contribution >= 4 is 0 Å². The molecule has 1 heterocycles. The van der Waals surface area contributed by atoms with E-state index in [1.165, 1.54) is 0 Å². The van der Waals surface area contributed by atoms with Gasteiger partial charge in [-0.05, 0) is 0 Å². The molecular weight excluding hydrogens is 76.1 g/mol. The monoisotopic (exact) mass is 80.0 g/mol. The van der Waals surface area contributed by atoms with E-state index in [0.717, 1.165) is 13.0 Å². The van der Waals surface area contributed by atoms with Gasteiger partial charge < -0.3 is 0 Å². The van der Waals surface area contributed by atoms with Gasteiger partial charge in [0.25, 0.3) is 6.54 Å². The van der Waals surface area contributed by atoms with Crippen LogP contribution in [0.15, 0.2) is 0 Å². The molecule has 0 aromatic rings. The molecule has 0 saturated carbocycles. The highest BCUT2D eigenvalue weighted by molar-refractivity contribution is 5.09. The molecule has 0 aromatic carbocycles. The van der Waals surface area contributed by atoms with E-state index in [1.54, 1.807) is 0 Å². The first-order chi connectivity index (χ1) is 3.00. The Hall–Kier alpha value is -1.02. The molecule has 0 bridgehead atoms. The summed E-state index contributed by atoms with van der Waals surface area (Å²) in [6.45, 7) is 0.809. The highest BCUT2D eigenvalue weighted by atomic mass is 14.8. The number of rotatable bonds is 0. The van der Waals surface area contributed by atoms with Crippen LogP contribution in [-0.2, 0) is 0 Å². The van der Waals surface area contributed by atoms with Crippen LogP contribution in [0, 0.1) is 12.3 Å². The SMILES string of the molecule is C1#[N+]C#[N+]CC1. The lowest BCUT2D eigenvalue weighted by Gasteiger charge is -1.53. The van der Waals surface area contributed by atoms with Crippen LogP contribution in [0.5, 0.6) is 0 Å². The topological polar surface area (TPSA) is 8.72 Å². The standard InChI is InChI=1S/C4H4N2/c1-2-5-4-6-3-1/h1-2H2/q+2. The Kier molecular flexibility index (Phi) is 0.756. The summed E-state index contributed by atoms with van der Waals surface area (Å²) < 4.78 is 0. The first-order valence-corrected chi connectivity index (χ1v) is 1.84. The normalized spacial score (nSPS) is 13.3. The molecular formula is C4H4N2+2. The fraction of sp³-hybridized carbons (Fsp3) is 0.500. The van der Waals surface area contributed by atoms with Gasteiger partial charge in [-0.15, -0.1) is 0 Å². The molecule has 0 unspecified atom stereocenters. The van der Waals surface area contributed by atoms with Crippen molar-refractivity contribution in [1.29, 1.82) is 0 Å². The van der Waals surface area contributed by atoms with E-state index < -0.39 is 0 Å². The molecule has 0 fully saturated rings. The Morgan fingerprint density at radius 3 is 2.67 bits per heavy atom. The summed E-state index contributed by atoms with van der Waals surface area (Å²) in [5, 5.41) is 0. The summed E-state index contributed by atoms with van der Waals surface area (Å²) >= 11 is 0. The summed E-state index contributed by atoms with van der Waals surface area (Å²) in [5.41, 5.74) is 0. The maximum Gasteiger partial charge on any atom is 0.761 e. The fourth-order valence-corrected chi connectivity index (χ4v) is 0.283. The van der Waals surface area contributed by atoms with Crippen molar-refractivity contribution in [2.24, 2.45) is 0 Å². The summed E-state index contributed by atoms with van der Waals surface area (Å²) in [6, 6.07) is 2.70. The molecule has 0 radical (unpaired) electrons. The van der Waals surface area contributed by atoms with Crippen molar-refractivity contribution in [1.82, 2.24) is 0 Å². The third-order valence-electron chi connectivity index (χ3n) is 0.535. The maximum atomic E-state index is 3.70. The third-order valence-corrected chi connectivity index (χ3v) is 0.535. The van der Waals surface area contributed by atoms with Crippen LogP contribution in [0.2, 0.25) is 0 Å². The van der Waals surface area contributed by atoms with Gasteiger partial charge in [0.1, 0.15) is 4.85 Å². The average molecular weight is 80.1 g/mol. The highest BCUT2D eigenvalue weighted by Crippen LogP contribution is 1.83. The molecule has 1 aliphatic heterocycles. The second kappa shape index (κ2) is 1.43. The molecule has 1 rings (SSSR count). The van der Waals surface area contributed by atoms with E-state index in [0.29, 0.717) is 0 Å². The second-order valence-electron chi connectivity index (χ2n) is 1.00. The molecule has 0 saturated heterocycles. The molecule has 0 atom stereocenters. The van der Waals surface area contributed by atoms with Crippen LogP contribution in [-0.4, -0.2) is 6.54 Å². The van der Waals surface area contributed by atoms with Crippen LogP contribution in [0.1, 0.15) is 6.42 Å². The van der Waals surface area contributed by atoms with Gasteiger partial charge in [-0.3, -0.25) is 0 Å². The Balaban J connectivity index is 2.67. The minimum atomic E-state index is 0.809. The summed E-state index contributed by atoms with van der Waals surface area (Å²) in [5.74, 6) is 0. The second-order valence-corrected chi connectivity index (χ2v) is 1.00. The fourth-order valence-electron chi connectivity index (χ4n) is 0.283. The minimum absolute atomic E-state index is 0.809. The van der Waals surface area contributed by atoms with Crippen molar-refractivity contribution in [3.63, 3.8) is 0 Å². The van der Waals surface area contributed by atoms with Crippen LogP contribution < -0.4 is 0 Å². The number of hydrogen-bond acceptors (Lipinski definition) is 0. The average Bonchev–Trinajstić information content (AvgIpc) is 1.72. The molecule has 0 spiro atoms. The van der Waals surface area contributed by atoms with Gasteiger partial charge in [-0.1, -0.05) is 0 Å². The van der Waals surface area contributed by atoms with Crippen molar-refractivity contribution in [3.05, 3.63) is 9.69 Å². The lowest BCUT2D eigenvalue weighted by atomic mass is 10.5. The van der Waals surface area contributed by atoms with E-state index >= 15 is 0 Å². The highest BCUT2D eigenvalue weighted by Gasteiger charge is 2.03. The largest absolute Gasteiger partial charge is 0.761 e. The minimum Gasteiger partial charge on any atom is 0.00614 e. The van der Waals surface area contributed by atoms with E-state index in [2.05, 4.69) is 22.0 Å². The number of nitrogens with zero attached hydrogens (tertiary/aromatic N) is 2. The first kappa shape index (κ1) is 3.18. The molecule has 28 valence electrons. The zero-order valence-corrected chi connectivity index (χ0v) is 3.31. The molecule has 1 aliphatic rings. The van der Waals surface area contributed by atoms with Crippen molar-refractivity contribution in [2.75, 3.05) is 6.54 Å². The Bertz CT molecular complexity index is 130. The predicted molar refractivity (Wildman–Crippen MR) is 24.0 cm³/mol. The van der Waals surface area contributed by atoms with Crippen molar-refractivity contribution < 1.29 is 0 Å². The number of hydrogen-bond donors (Lipinski definition) is 0. The van der Waals surface area contributed by atoms with Gasteiger partial charge in [-0.2, -0.15) is 0 Å². The van der Waals surface area contributed by atoms with E-state index in [1.807, 2.05) is 0 Å². The third kappa shape index (κ3) is 0.471. The van der Waals surface area contributed by atoms with E-state index in [4.69, 9.17) is 0 Å². The smallest absolute Gasteiger partial charge is 0.00614 e. The van der Waals surface area contributed by atoms with Crippen LogP contribution in [0.25, 0.3) is 9.69 Å².